The van der Waals surface area contributed by atoms with Crippen LogP contribution in [0.1, 0.15) is 28.9 Å². The van der Waals surface area contributed by atoms with E-state index < -0.39 is 0 Å². The largest absolute Gasteiger partial charge is 0.370 e. The van der Waals surface area contributed by atoms with Gasteiger partial charge < -0.3 is 16.4 Å². The van der Waals surface area contributed by atoms with E-state index in [4.69, 9.17) is 11.1 Å². The quantitative estimate of drug-likeness (QED) is 0.368. The number of rotatable bonds is 4. The number of benzene rings is 1. The number of amides is 1. The zero-order chi connectivity index (χ0) is 17.1. The van der Waals surface area contributed by atoms with Crippen LogP contribution in [0, 0.1) is 5.41 Å². The molecule has 1 aromatic carbocycles. The highest BCUT2D eigenvalue weighted by atomic mass is 16.1. The van der Waals surface area contributed by atoms with Crippen LogP contribution in [0.5, 0.6) is 0 Å². The Morgan fingerprint density at radius 1 is 1.29 bits per heavy atom. The molecule has 8 heteroatoms. The number of H-pyrrole nitrogens is 1. The predicted molar refractivity (Wildman–Crippen MR) is 91.7 cm³/mol. The zero-order valence-electron chi connectivity index (χ0n) is 13.0. The number of carbonyl (C=O) groups is 1. The Morgan fingerprint density at radius 3 is 2.75 bits per heavy atom. The highest BCUT2D eigenvalue weighted by Crippen LogP contribution is 2.20. The molecule has 0 fully saturated rings. The Balaban J connectivity index is 1.76. The van der Waals surface area contributed by atoms with Gasteiger partial charge in [0.1, 0.15) is 0 Å². The van der Waals surface area contributed by atoms with Crippen LogP contribution < -0.4 is 16.4 Å². The summed E-state index contributed by atoms with van der Waals surface area (Å²) < 4.78 is 0. The van der Waals surface area contributed by atoms with Crippen molar-refractivity contribution in [1.29, 1.82) is 5.41 Å². The van der Waals surface area contributed by atoms with Gasteiger partial charge in [-0.3, -0.25) is 15.3 Å². The van der Waals surface area contributed by atoms with Crippen LogP contribution in [0.15, 0.2) is 42.7 Å². The molecule has 0 spiro atoms. The first-order chi connectivity index (χ1) is 11.5. The number of carbonyl (C=O) groups excluding carboxylic acids is 1. The molecule has 1 amide bonds. The van der Waals surface area contributed by atoms with Crippen LogP contribution in [0.3, 0.4) is 0 Å². The molecule has 0 radical (unpaired) electrons. The third-order valence-corrected chi connectivity index (χ3v) is 3.65. The second-order valence-electron chi connectivity index (χ2n) is 5.35. The predicted octanol–water partition coefficient (Wildman–Crippen LogP) is 1.75. The Hall–Kier alpha value is -3.42. The molecule has 24 heavy (non-hydrogen) atoms. The van der Waals surface area contributed by atoms with Crippen molar-refractivity contribution in [2.75, 3.05) is 5.32 Å². The van der Waals surface area contributed by atoms with Gasteiger partial charge in [-0.2, -0.15) is 5.10 Å². The smallest absolute Gasteiger partial charge is 0.255 e. The number of fused-ring (bicyclic) bond motifs is 1. The van der Waals surface area contributed by atoms with Gasteiger partial charge in [-0.05, 0) is 30.7 Å². The lowest BCUT2D eigenvalue weighted by Crippen LogP contribution is -2.32. The van der Waals surface area contributed by atoms with E-state index in [2.05, 4.69) is 25.8 Å². The minimum Gasteiger partial charge on any atom is -0.370 e. The van der Waals surface area contributed by atoms with Crippen LogP contribution in [-0.4, -0.2) is 27.0 Å². The average molecular weight is 323 g/mol. The van der Waals surface area contributed by atoms with Crippen molar-refractivity contribution >= 4 is 28.6 Å². The Kier molecular flexibility index (Phi) is 4.11. The Labute approximate surface area is 138 Å². The normalized spacial score (nSPS) is 11.9. The summed E-state index contributed by atoms with van der Waals surface area (Å²) in [5.41, 5.74) is 8.06. The number of pyridine rings is 1. The maximum Gasteiger partial charge on any atom is 0.255 e. The number of nitrogens with zero attached hydrogens (tertiary/aromatic N) is 2. The molecule has 0 saturated carbocycles. The maximum absolute atomic E-state index is 12.4. The molecule has 0 aliphatic heterocycles. The lowest BCUT2D eigenvalue weighted by molar-refractivity contribution is 0.102. The maximum atomic E-state index is 12.4. The minimum absolute atomic E-state index is 0.0915. The average Bonchev–Trinajstić information content (AvgIpc) is 3.04. The van der Waals surface area contributed by atoms with Crippen LogP contribution in [0.4, 0.5) is 5.69 Å². The molecule has 0 bridgehead atoms. The molecule has 122 valence electrons. The number of hydrogen-bond donors (Lipinski definition) is 5. The number of aromatic nitrogens is 3. The van der Waals surface area contributed by atoms with Crippen molar-refractivity contribution in [3.63, 3.8) is 0 Å². The molecule has 3 aromatic rings. The van der Waals surface area contributed by atoms with Crippen molar-refractivity contribution in [1.82, 2.24) is 20.5 Å². The van der Waals surface area contributed by atoms with Crippen LogP contribution >= 0.6 is 0 Å². The molecule has 0 saturated heterocycles. The van der Waals surface area contributed by atoms with Crippen LogP contribution in [0.25, 0.3) is 11.0 Å². The van der Waals surface area contributed by atoms with Crippen molar-refractivity contribution in [3.05, 3.63) is 53.9 Å². The zero-order valence-corrected chi connectivity index (χ0v) is 13.0. The Bertz CT molecular complexity index is 885. The lowest BCUT2D eigenvalue weighted by Gasteiger charge is -2.14. The molecule has 8 nitrogen and oxygen atoms in total. The first-order valence-electron chi connectivity index (χ1n) is 7.34. The molecule has 3 rings (SSSR count). The van der Waals surface area contributed by atoms with Gasteiger partial charge in [-0.1, -0.05) is 12.1 Å². The summed E-state index contributed by atoms with van der Waals surface area (Å²) in [6.45, 7) is 1.89. The van der Waals surface area contributed by atoms with Gasteiger partial charge in [0.2, 0.25) is 0 Å². The summed E-state index contributed by atoms with van der Waals surface area (Å²) in [4.78, 5) is 16.5. The standard InChI is InChI=1S/C16H17N7O/c1-9(21-16(17)18)10-2-4-11(5-3-10)15(24)22-13-6-7-19-14-12(13)8-20-23-14/h2-9H,1H3,(H4,17,18,21)(H2,19,20,22,23,24)/t9-/m1/s1. The number of nitrogens with one attached hydrogen (secondary N) is 4. The molecule has 6 N–H and O–H groups in total. The van der Waals surface area contributed by atoms with Gasteiger partial charge in [0, 0.05) is 11.8 Å². The van der Waals surface area contributed by atoms with E-state index >= 15 is 0 Å². The van der Waals surface area contributed by atoms with Crippen LogP contribution in [0.2, 0.25) is 0 Å². The van der Waals surface area contributed by atoms with E-state index in [1.807, 2.05) is 19.1 Å². The third-order valence-electron chi connectivity index (χ3n) is 3.65. The van der Waals surface area contributed by atoms with Gasteiger partial charge in [0.25, 0.3) is 5.91 Å². The summed E-state index contributed by atoms with van der Waals surface area (Å²) in [7, 11) is 0. The van der Waals surface area contributed by atoms with E-state index in [9.17, 15) is 4.79 Å². The summed E-state index contributed by atoms with van der Waals surface area (Å²) in [5, 5.41) is 20.4. The number of nitrogens with two attached hydrogens (primary N) is 1. The fraction of sp³-hybridized carbons (Fsp3) is 0.125. The van der Waals surface area contributed by atoms with E-state index in [1.165, 1.54) is 0 Å². The first kappa shape index (κ1) is 15.5. The number of anilines is 1. The van der Waals surface area contributed by atoms with Gasteiger partial charge in [-0.25, -0.2) is 4.98 Å². The van der Waals surface area contributed by atoms with E-state index in [-0.39, 0.29) is 17.9 Å². The summed E-state index contributed by atoms with van der Waals surface area (Å²) in [5.74, 6) is -0.312. The summed E-state index contributed by atoms with van der Waals surface area (Å²) in [6, 6.07) is 8.74. The SMILES string of the molecule is C[C@@H](NC(=N)N)c1ccc(C(=O)Nc2ccnc3[nH]ncc23)cc1. The fourth-order valence-corrected chi connectivity index (χ4v) is 2.39. The highest BCUT2D eigenvalue weighted by Gasteiger charge is 2.11. The van der Waals surface area contributed by atoms with Gasteiger partial charge >= 0.3 is 0 Å². The molecule has 0 unspecified atom stereocenters. The monoisotopic (exact) mass is 323 g/mol. The van der Waals surface area contributed by atoms with E-state index in [0.29, 0.717) is 16.9 Å². The second-order valence-corrected chi connectivity index (χ2v) is 5.35. The van der Waals surface area contributed by atoms with Crippen molar-refractivity contribution in [2.24, 2.45) is 5.73 Å². The number of guanidine groups is 1. The van der Waals surface area contributed by atoms with Gasteiger partial charge in [-0.15, -0.1) is 0 Å². The first-order valence-corrected chi connectivity index (χ1v) is 7.34. The lowest BCUT2D eigenvalue weighted by atomic mass is 10.1. The summed E-state index contributed by atoms with van der Waals surface area (Å²) in [6.07, 6.45) is 3.23. The molecule has 0 aliphatic carbocycles. The Morgan fingerprint density at radius 2 is 2.04 bits per heavy atom. The van der Waals surface area contributed by atoms with Gasteiger partial charge in [0.15, 0.2) is 11.6 Å². The molecular weight excluding hydrogens is 306 g/mol. The van der Waals surface area contributed by atoms with Crippen molar-refractivity contribution in [3.8, 4) is 0 Å². The molecule has 2 heterocycles. The third kappa shape index (κ3) is 3.17. The molecule has 0 aliphatic rings. The number of hydrogen-bond acceptors (Lipinski definition) is 4. The molecule has 2 aromatic heterocycles. The number of aromatic amines is 1. The van der Waals surface area contributed by atoms with Gasteiger partial charge in [0.05, 0.1) is 23.3 Å². The van der Waals surface area contributed by atoms with E-state index in [1.54, 1.807) is 30.6 Å². The summed E-state index contributed by atoms with van der Waals surface area (Å²) >= 11 is 0. The molecule has 1 atom stereocenters. The highest BCUT2D eigenvalue weighted by molar-refractivity contribution is 6.08. The van der Waals surface area contributed by atoms with Crippen molar-refractivity contribution < 1.29 is 4.79 Å². The van der Waals surface area contributed by atoms with Crippen molar-refractivity contribution in [2.45, 2.75) is 13.0 Å². The van der Waals surface area contributed by atoms with Crippen LogP contribution in [-0.2, 0) is 0 Å². The fourth-order valence-electron chi connectivity index (χ4n) is 2.39. The second kappa shape index (κ2) is 6.37. The molecular formula is C16H17N7O. The minimum atomic E-state index is -0.220. The topological polar surface area (TPSA) is 133 Å². The van der Waals surface area contributed by atoms with E-state index in [0.717, 1.165) is 10.9 Å².